The molecule has 0 amide bonds. The molecular formula is C15H17ClN4O. The van der Waals surface area contributed by atoms with Crippen LogP contribution in [-0.4, -0.2) is 12.0 Å². The minimum Gasteiger partial charge on any atom is -0.398 e. The zero-order valence-corrected chi connectivity index (χ0v) is 12.4. The molecule has 1 unspecified atom stereocenters. The standard InChI is InChI=1S/C15H17ClN4O/c1-8-4-13(15(19)14(16)11(8)7-21)20-10-2-3-12(18)9(5-10)6-17/h2-5,7,11H,6,17-19H2,1H3. The van der Waals surface area contributed by atoms with Gasteiger partial charge in [0.05, 0.1) is 28.0 Å². The molecule has 0 aliphatic heterocycles. The molecule has 0 bridgehead atoms. The fraction of sp³-hybridized carbons (Fsp3) is 0.200. The molecule has 6 heteroatoms. The van der Waals surface area contributed by atoms with Crippen LogP contribution in [0.3, 0.4) is 0 Å². The molecule has 0 aromatic heterocycles. The molecule has 0 fully saturated rings. The molecule has 1 aromatic rings. The Morgan fingerprint density at radius 2 is 2.10 bits per heavy atom. The molecule has 0 saturated carbocycles. The Morgan fingerprint density at radius 3 is 2.71 bits per heavy atom. The SMILES string of the molecule is CC1=CC(=Nc2ccc(N)c(CN)c2)C(N)=C(Cl)C1C=O. The molecular weight excluding hydrogens is 288 g/mol. The minimum atomic E-state index is -0.489. The van der Waals surface area contributed by atoms with Gasteiger partial charge in [-0.2, -0.15) is 0 Å². The maximum Gasteiger partial charge on any atom is 0.132 e. The summed E-state index contributed by atoms with van der Waals surface area (Å²) < 4.78 is 0. The number of anilines is 1. The summed E-state index contributed by atoms with van der Waals surface area (Å²) in [5.74, 6) is -0.489. The molecule has 5 nitrogen and oxygen atoms in total. The summed E-state index contributed by atoms with van der Waals surface area (Å²) in [6.07, 6.45) is 2.53. The van der Waals surface area contributed by atoms with Crippen molar-refractivity contribution in [1.29, 1.82) is 0 Å². The third-order valence-electron chi connectivity index (χ3n) is 3.39. The summed E-state index contributed by atoms with van der Waals surface area (Å²) in [4.78, 5) is 15.5. The van der Waals surface area contributed by atoms with Crippen LogP contribution in [0.2, 0.25) is 0 Å². The van der Waals surface area contributed by atoms with Crippen LogP contribution in [0, 0.1) is 5.92 Å². The number of nitrogens with zero attached hydrogens (tertiary/aromatic N) is 1. The number of carbonyl (C=O) groups excluding carboxylic acids is 1. The first-order chi connectivity index (χ1) is 9.97. The summed E-state index contributed by atoms with van der Waals surface area (Å²) in [6.45, 7) is 2.15. The number of aliphatic imine (C=N–C) groups is 1. The van der Waals surface area contributed by atoms with Crippen LogP contribution in [0.15, 0.2) is 45.6 Å². The van der Waals surface area contributed by atoms with Gasteiger partial charge in [-0.25, -0.2) is 4.99 Å². The van der Waals surface area contributed by atoms with Crippen molar-refractivity contribution >= 4 is 35.0 Å². The number of hydrogen-bond acceptors (Lipinski definition) is 5. The quantitative estimate of drug-likeness (QED) is 0.586. The van der Waals surface area contributed by atoms with E-state index in [4.69, 9.17) is 28.8 Å². The highest BCUT2D eigenvalue weighted by Crippen LogP contribution is 2.30. The highest BCUT2D eigenvalue weighted by molar-refractivity contribution is 6.35. The third kappa shape index (κ3) is 2.99. The van der Waals surface area contributed by atoms with E-state index in [0.717, 1.165) is 17.4 Å². The number of hydrogen-bond donors (Lipinski definition) is 3. The molecule has 0 saturated heterocycles. The van der Waals surface area contributed by atoms with E-state index in [1.54, 1.807) is 24.3 Å². The monoisotopic (exact) mass is 304 g/mol. The maximum absolute atomic E-state index is 11.0. The minimum absolute atomic E-state index is 0.304. The van der Waals surface area contributed by atoms with Gasteiger partial charge in [0.25, 0.3) is 0 Å². The summed E-state index contributed by atoms with van der Waals surface area (Å²) in [6, 6.07) is 5.33. The summed E-state index contributed by atoms with van der Waals surface area (Å²) in [7, 11) is 0. The van der Waals surface area contributed by atoms with E-state index in [1.807, 2.05) is 6.92 Å². The van der Waals surface area contributed by atoms with Crippen LogP contribution in [0.25, 0.3) is 0 Å². The van der Waals surface area contributed by atoms with Gasteiger partial charge in [0.1, 0.15) is 6.29 Å². The van der Waals surface area contributed by atoms with E-state index < -0.39 is 5.92 Å². The van der Waals surface area contributed by atoms with E-state index >= 15 is 0 Å². The number of carbonyl (C=O) groups is 1. The van der Waals surface area contributed by atoms with Gasteiger partial charge in [-0.15, -0.1) is 0 Å². The number of benzene rings is 1. The zero-order chi connectivity index (χ0) is 15.6. The lowest BCUT2D eigenvalue weighted by atomic mass is 9.93. The molecule has 1 atom stereocenters. The number of nitrogens with two attached hydrogens (primary N) is 3. The van der Waals surface area contributed by atoms with Crippen molar-refractivity contribution in [2.75, 3.05) is 5.73 Å². The number of allylic oxidation sites excluding steroid dienone is 3. The van der Waals surface area contributed by atoms with Gasteiger partial charge in [0.15, 0.2) is 0 Å². The van der Waals surface area contributed by atoms with Gasteiger partial charge in [-0.05, 0) is 36.8 Å². The van der Waals surface area contributed by atoms with Gasteiger partial charge in [-0.1, -0.05) is 17.2 Å². The molecule has 0 spiro atoms. The molecule has 6 N–H and O–H groups in total. The normalized spacial score (nSPS) is 20.6. The second-order valence-electron chi connectivity index (χ2n) is 4.85. The van der Waals surface area contributed by atoms with Crippen LogP contribution in [0.1, 0.15) is 12.5 Å². The van der Waals surface area contributed by atoms with E-state index in [-0.39, 0.29) is 0 Å². The number of rotatable bonds is 3. The first-order valence-corrected chi connectivity index (χ1v) is 6.82. The smallest absolute Gasteiger partial charge is 0.132 e. The Bertz CT molecular complexity index is 676. The second-order valence-corrected chi connectivity index (χ2v) is 5.26. The van der Waals surface area contributed by atoms with Crippen molar-refractivity contribution in [3.05, 3.63) is 46.1 Å². The van der Waals surface area contributed by atoms with Crippen LogP contribution >= 0.6 is 11.6 Å². The summed E-state index contributed by atoms with van der Waals surface area (Å²) in [5, 5.41) is 0.304. The van der Waals surface area contributed by atoms with Crippen molar-refractivity contribution < 1.29 is 4.79 Å². The van der Waals surface area contributed by atoms with E-state index in [2.05, 4.69) is 4.99 Å². The predicted octanol–water partition coefficient (Wildman–Crippen LogP) is 1.98. The Labute approximate surface area is 128 Å². The van der Waals surface area contributed by atoms with Crippen molar-refractivity contribution in [3.8, 4) is 0 Å². The third-order valence-corrected chi connectivity index (χ3v) is 3.83. The van der Waals surface area contributed by atoms with E-state index in [0.29, 0.717) is 34.4 Å². The fourth-order valence-corrected chi connectivity index (χ4v) is 2.43. The zero-order valence-electron chi connectivity index (χ0n) is 11.6. The van der Waals surface area contributed by atoms with Gasteiger partial charge in [-0.3, -0.25) is 0 Å². The molecule has 1 aliphatic carbocycles. The molecule has 2 rings (SSSR count). The first kappa shape index (κ1) is 15.3. The Kier molecular flexibility index (Phi) is 4.45. The van der Waals surface area contributed by atoms with Crippen LogP contribution in [0.5, 0.6) is 0 Å². The van der Waals surface area contributed by atoms with Crippen molar-refractivity contribution in [2.24, 2.45) is 22.4 Å². The van der Waals surface area contributed by atoms with Gasteiger partial charge < -0.3 is 22.0 Å². The van der Waals surface area contributed by atoms with Crippen molar-refractivity contribution in [1.82, 2.24) is 0 Å². The second kappa shape index (κ2) is 6.11. The average Bonchev–Trinajstić information content (AvgIpc) is 2.47. The Hall–Kier alpha value is -2.11. The fourth-order valence-electron chi connectivity index (χ4n) is 2.11. The highest BCUT2D eigenvalue weighted by atomic mass is 35.5. The molecule has 110 valence electrons. The molecule has 0 radical (unpaired) electrons. The van der Waals surface area contributed by atoms with E-state index in [1.165, 1.54) is 0 Å². The lowest BCUT2D eigenvalue weighted by molar-refractivity contribution is -0.109. The summed E-state index contributed by atoms with van der Waals surface area (Å²) >= 11 is 6.13. The number of halogens is 1. The maximum atomic E-state index is 11.0. The predicted molar refractivity (Wildman–Crippen MR) is 86.2 cm³/mol. The van der Waals surface area contributed by atoms with Crippen molar-refractivity contribution in [3.63, 3.8) is 0 Å². The lowest BCUT2D eigenvalue weighted by Crippen LogP contribution is -2.21. The number of aldehydes is 1. The van der Waals surface area contributed by atoms with Crippen molar-refractivity contribution in [2.45, 2.75) is 13.5 Å². The highest BCUT2D eigenvalue weighted by Gasteiger charge is 2.24. The van der Waals surface area contributed by atoms with Gasteiger partial charge in [0, 0.05) is 12.2 Å². The van der Waals surface area contributed by atoms with Gasteiger partial charge >= 0.3 is 0 Å². The lowest BCUT2D eigenvalue weighted by Gasteiger charge is -2.19. The summed E-state index contributed by atoms with van der Waals surface area (Å²) in [5.41, 5.74) is 21.2. The van der Waals surface area contributed by atoms with Crippen LogP contribution < -0.4 is 17.2 Å². The van der Waals surface area contributed by atoms with E-state index in [9.17, 15) is 4.79 Å². The molecule has 1 aromatic carbocycles. The average molecular weight is 305 g/mol. The Morgan fingerprint density at radius 1 is 1.38 bits per heavy atom. The number of nitrogen functional groups attached to an aromatic ring is 1. The Balaban J connectivity index is 2.46. The van der Waals surface area contributed by atoms with Crippen LogP contribution in [0.4, 0.5) is 11.4 Å². The molecule has 0 heterocycles. The molecule has 1 aliphatic rings. The van der Waals surface area contributed by atoms with Gasteiger partial charge in [0.2, 0.25) is 0 Å². The first-order valence-electron chi connectivity index (χ1n) is 6.44. The molecule has 21 heavy (non-hydrogen) atoms. The van der Waals surface area contributed by atoms with Crippen LogP contribution in [-0.2, 0) is 11.3 Å². The largest absolute Gasteiger partial charge is 0.398 e. The topological polar surface area (TPSA) is 107 Å².